The van der Waals surface area contributed by atoms with Gasteiger partial charge in [0, 0.05) is 30.7 Å². The molecule has 1 fully saturated rings. The summed E-state index contributed by atoms with van der Waals surface area (Å²) in [5.74, 6) is -0.517. The van der Waals surface area contributed by atoms with E-state index in [2.05, 4.69) is 11.8 Å². The molecule has 106 valence electrons. The Morgan fingerprint density at radius 1 is 1.37 bits per heavy atom. The van der Waals surface area contributed by atoms with Crippen molar-refractivity contribution < 1.29 is 8.78 Å². The van der Waals surface area contributed by atoms with Gasteiger partial charge in [-0.15, -0.1) is 0 Å². The van der Waals surface area contributed by atoms with Crippen LogP contribution in [-0.2, 0) is 0 Å². The van der Waals surface area contributed by atoms with E-state index in [1.54, 1.807) is 0 Å². The molecule has 3 atom stereocenters. The van der Waals surface area contributed by atoms with Crippen molar-refractivity contribution in [1.29, 1.82) is 0 Å². The molecule has 1 aromatic rings. The van der Waals surface area contributed by atoms with Crippen molar-refractivity contribution in [2.45, 2.75) is 38.8 Å². The zero-order valence-electron chi connectivity index (χ0n) is 11.6. The molecule has 3 unspecified atom stereocenters. The molecule has 0 amide bonds. The first-order valence-corrected chi connectivity index (χ1v) is 6.98. The highest BCUT2D eigenvalue weighted by molar-refractivity contribution is 5.23. The van der Waals surface area contributed by atoms with Gasteiger partial charge >= 0.3 is 0 Å². The third-order valence-electron chi connectivity index (χ3n) is 4.31. The summed E-state index contributed by atoms with van der Waals surface area (Å²) in [7, 11) is 0. The molecule has 0 radical (unpaired) electrons. The minimum Gasteiger partial charge on any atom is -0.327 e. The lowest BCUT2D eigenvalue weighted by molar-refractivity contribution is 0.110. The van der Waals surface area contributed by atoms with Crippen LogP contribution >= 0.6 is 0 Å². The van der Waals surface area contributed by atoms with E-state index in [4.69, 9.17) is 5.73 Å². The lowest BCUT2D eigenvalue weighted by Gasteiger charge is -2.40. The van der Waals surface area contributed by atoms with Crippen molar-refractivity contribution >= 4 is 0 Å². The first-order chi connectivity index (χ1) is 9.04. The third-order valence-corrected chi connectivity index (χ3v) is 4.31. The number of nitrogens with two attached hydrogens (primary N) is 1. The number of rotatable bonds is 3. The highest BCUT2D eigenvalue weighted by Gasteiger charge is 2.30. The average Bonchev–Trinajstić information content (AvgIpc) is 2.39. The fraction of sp³-hybridized carbons (Fsp3) is 0.600. The molecular weight excluding hydrogens is 246 g/mol. The topological polar surface area (TPSA) is 29.3 Å². The van der Waals surface area contributed by atoms with Gasteiger partial charge in [0.25, 0.3) is 0 Å². The first-order valence-electron chi connectivity index (χ1n) is 6.98. The molecule has 0 saturated carbocycles. The van der Waals surface area contributed by atoms with Crippen LogP contribution in [0.2, 0.25) is 0 Å². The molecule has 2 N–H and O–H groups in total. The van der Waals surface area contributed by atoms with Gasteiger partial charge in [-0.05, 0) is 31.4 Å². The van der Waals surface area contributed by atoms with E-state index in [1.807, 2.05) is 6.92 Å². The summed E-state index contributed by atoms with van der Waals surface area (Å²) in [6.45, 7) is 5.59. The summed E-state index contributed by atoms with van der Waals surface area (Å²) in [4.78, 5) is 2.14. The third kappa shape index (κ3) is 2.95. The zero-order chi connectivity index (χ0) is 14.0. The van der Waals surface area contributed by atoms with Crippen molar-refractivity contribution in [3.8, 4) is 0 Å². The number of benzene rings is 1. The van der Waals surface area contributed by atoms with Crippen LogP contribution in [0.15, 0.2) is 18.2 Å². The number of hydrogen-bond acceptors (Lipinski definition) is 2. The molecule has 0 spiro atoms. The van der Waals surface area contributed by atoms with Crippen molar-refractivity contribution in [2.75, 3.05) is 13.1 Å². The number of piperidine rings is 1. The lowest BCUT2D eigenvalue weighted by atomic mass is 9.89. The summed E-state index contributed by atoms with van der Waals surface area (Å²) in [6, 6.07) is 4.01. The number of likely N-dealkylation sites (tertiary alicyclic amines) is 1. The maximum absolute atomic E-state index is 13.8. The van der Waals surface area contributed by atoms with Crippen LogP contribution < -0.4 is 5.73 Å². The maximum atomic E-state index is 13.8. The molecule has 1 saturated heterocycles. The van der Waals surface area contributed by atoms with E-state index >= 15 is 0 Å². The Morgan fingerprint density at radius 3 is 2.58 bits per heavy atom. The molecule has 2 rings (SSSR count). The van der Waals surface area contributed by atoms with Crippen LogP contribution in [0.3, 0.4) is 0 Å². The smallest absolute Gasteiger partial charge is 0.130 e. The summed E-state index contributed by atoms with van der Waals surface area (Å²) >= 11 is 0. The summed E-state index contributed by atoms with van der Waals surface area (Å²) in [6.07, 6.45) is 1.89. The average molecular weight is 268 g/mol. The van der Waals surface area contributed by atoms with Crippen molar-refractivity contribution in [3.63, 3.8) is 0 Å². The Morgan fingerprint density at radius 2 is 2.00 bits per heavy atom. The summed E-state index contributed by atoms with van der Waals surface area (Å²) in [5.41, 5.74) is 6.25. The van der Waals surface area contributed by atoms with Gasteiger partial charge < -0.3 is 5.73 Å². The zero-order valence-corrected chi connectivity index (χ0v) is 11.6. The normalized spacial score (nSPS) is 26.4. The predicted octanol–water partition coefficient (Wildman–Crippen LogP) is 3.09. The minimum atomic E-state index is -0.463. The molecule has 1 aliphatic heterocycles. The Balaban J connectivity index is 2.18. The Bertz CT molecular complexity index is 416. The number of halogens is 2. The monoisotopic (exact) mass is 268 g/mol. The quantitative estimate of drug-likeness (QED) is 0.912. The van der Waals surface area contributed by atoms with Crippen molar-refractivity contribution in [3.05, 3.63) is 35.4 Å². The predicted molar refractivity (Wildman–Crippen MR) is 72.7 cm³/mol. The second kappa shape index (κ2) is 5.97. The van der Waals surface area contributed by atoms with Gasteiger partial charge in [0.1, 0.15) is 11.6 Å². The van der Waals surface area contributed by atoms with E-state index in [1.165, 1.54) is 18.2 Å². The summed E-state index contributed by atoms with van der Waals surface area (Å²) < 4.78 is 27.6. The minimum absolute atomic E-state index is 0.174. The molecule has 1 aromatic carbocycles. The standard InChI is InChI=1S/C15H22F2N2/c1-3-11-9-19(8-7-14(11)18)10(2)15-12(16)5-4-6-13(15)17/h4-6,10-11,14H,3,7-9,18H2,1-2H3. The van der Waals surface area contributed by atoms with Crippen LogP contribution in [0.5, 0.6) is 0 Å². The molecule has 0 aromatic heterocycles. The van der Waals surface area contributed by atoms with E-state index in [0.29, 0.717) is 5.92 Å². The molecule has 19 heavy (non-hydrogen) atoms. The van der Waals surface area contributed by atoms with Gasteiger partial charge in [-0.25, -0.2) is 8.78 Å². The second-order valence-corrected chi connectivity index (χ2v) is 5.43. The van der Waals surface area contributed by atoms with E-state index < -0.39 is 11.6 Å². The molecule has 4 heteroatoms. The van der Waals surface area contributed by atoms with Gasteiger partial charge in [-0.3, -0.25) is 4.90 Å². The van der Waals surface area contributed by atoms with Gasteiger partial charge in [-0.2, -0.15) is 0 Å². The number of nitrogens with zero attached hydrogens (tertiary/aromatic N) is 1. The van der Waals surface area contributed by atoms with E-state index in [0.717, 1.165) is 25.9 Å². The largest absolute Gasteiger partial charge is 0.327 e. The molecular formula is C15H22F2N2. The molecule has 1 heterocycles. The van der Waals surface area contributed by atoms with Crippen molar-refractivity contribution in [2.24, 2.45) is 11.7 Å². The van der Waals surface area contributed by atoms with Crippen LogP contribution in [0.1, 0.15) is 38.3 Å². The van der Waals surface area contributed by atoms with Gasteiger partial charge in [0.2, 0.25) is 0 Å². The van der Waals surface area contributed by atoms with Crippen LogP contribution in [0.4, 0.5) is 8.78 Å². The fourth-order valence-corrected chi connectivity index (χ4v) is 2.95. The fourth-order valence-electron chi connectivity index (χ4n) is 2.95. The Labute approximate surface area is 113 Å². The highest BCUT2D eigenvalue weighted by atomic mass is 19.1. The lowest BCUT2D eigenvalue weighted by Crippen LogP contribution is -2.47. The first kappa shape index (κ1) is 14.4. The highest BCUT2D eigenvalue weighted by Crippen LogP contribution is 2.30. The molecule has 2 nitrogen and oxygen atoms in total. The Hall–Kier alpha value is -1.00. The molecule has 1 aliphatic rings. The van der Waals surface area contributed by atoms with E-state index in [-0.39, 0.29) is 17.6 Å². The van der Waals surface area contributed by atoms with Crippen LogP contribution in [-0.4, -0.2) is 24.0 Å². The van der Waals surface area contributed by atoms with Crippen LogP contribution in [0, 0.1) is 17.6 Å². The molecule has 0 aliphatic carbocycles. The number of hydrogen-bond donors (Lipinski definition) is 1. The van der Waals surface area contributed by atoms with Gasteiger partial charge in [0.05, 0.1) is 0 Å². The SMILES string of the molecule is CCC1CN(C(C)c2c(F)cccc2F)CCC1N. The van der Waals surface area contributed by atoms with E-state index in [9.17, 15) is 8.78 Å². The summed E-state index contributed by atoms with van der Waals surface area (Å²) in [5, 5.41) is 0. The molecule has 0 bridgehead atoms. The van der Waals surface area contributed by atoms with Crippen molar-refractivity contribution in [1.82, 2.24) is 4.90 Å². The van der Waals surface area contributed by atoms with Gasteiger partial charge in [0.15, 0.2) is 0 Å². The maximum Gasteiger partial charge on any atom is 0.130 e. The van der Waals surface area contributed by atoms with Crippen LogP contribution in [0.25, 0.3) is 0 Å². The van der Waals surface area contributed by atoms with Gasteiger partial charge in [-0.1, -0.05) is 19.4 Å². The second-order valence-electron chi connectivity index (χ2n) is 5.43. The Kier molecular flexibility index (Phi) is 4.53.